The summed E-state index contributed by atoms with van der Waals surface area (Å²) >= 11 is 1.91. The third-order valence-electron chi connectivity index (χ3n) is 11.8. The van der Waals surface area contributed by atoms with E-state index in [2.05, 4.69) is 193 Å². The number of benzene rings is 9. The van der Waals surface area contributed by atoms with Gasteiger partial charge in [0.25, 0.3) is 0 Å². The lowest BCUT2D eigenvalue weighted by atomic mass is 9.67. The van der Waals surface area contributed by atoms with Gasteiger partial charge in [0.15, 0.2) is 0 Å². The topological polar surface area (TPSA) is 4.93 Å². The first-order valence-corrected chi connectivity index (χ1v) is 19.2. The number of hydrogen-bond acceptors (Lipinski definition) is 1. The Morgan fingerprint density at radius 2 is 1.00 bits per heavy atom. The Balaban J connectivity index is 1.15. The quantitative estimate of drug-likeness (QED) is 0.175. The van der Waals surface area contributed by atoms with Crippen molar-refractivity contribution < 1.29 is 0 Å². The molecule has 246 valence electrons. The Bertz CT molecular complexity index is 3100. The van der Waals surface area contributed by atoms with E-state index in [1.807, 2.05) is 11.8 Å². The highest BCUT2D eigenvalue weighted by Crippen LogP contribution is 2.62. The fourth-order valence-electron chi connectivity index (χ4n) is 9.57. The van der Waals surface area contributed by atoms with E-state index in [0.29, 0.717) is 0 Å². The maximum atomic E-state index is 2.55. The third-order valence-corrected chi connectivity index (χ3v) is 13.0. The maximum absolute atomic E-state index is 2.55. The fourth-order valence-corrected chi connectivity index (χ4v) is 10.8. The minimum absolute atomic E-state index is 0.411. The van der Waals surface area contributed by atoms with E-state index in [1.54, 1.807) is 0 Å². The monoisotopic (exact) mass is 689 g/mol. The Kier molecular flexibility index (Phi) is 5.98. The predicted molar refractivity (Wildman–Crippen MR) is 223 cm³/mol. The fraction of sp³-hybridized carbons (Fsp3) is 0.0196. The van der Waals surface area contributed by atoms with Gasteiger partial charge in [-0.2, -0.15) is 0 Å². The zero-order valence-corrected chi connectivity index (χ0v) is 29.6. The van der Waals surface area contributed by atoms with Crippen molar-refractivity contribution in [3.8, 4) is 27.9 Å². The van der Waals surface area contributed by atoms with E-state index in [0.717, 1.165) is 0 Å². The van der Waals surface area contributed by atoms with Crippen LogP contribution in [0.5, 0.6) is 0 Å². The summed E-state index contributed by atoms with van der Waals surface area (Å²) in [5.74, 6) is 0. The molecule has 2 heteroatoms. The van der Waals surface area contributed by atoms with Gasteiger partial charge in [0.1, 0.15) is 0 Å². The van der Waals surface area contributed by atoms with Crippen LogP contribution in [-0.4, -0.2) is 4.57 Å². The molecule has 12 rings (SSSR count). The van der Waals surface area contributed by atoms with Crippen LogP contribution in [0, 0.1) is 0 Å². The number of rotatable bonds is 2. The molecule has 0 atom stereocenters. The van der Waals surface area contributed by atoms with Gasteiger partial charge >= 0.3 is 0 Å². The van der Waals surface area contributed by atoms with Gasteiger partial charge in [-0.3, -0.25) is 0 Å². The summed E-state index contributed by atoms with van der Waals surface area (Å²) in [6.07, 6.45) is 0. The van der Waals surface area contributed by atoms with Crippen LogP contribution < -0.4 is 0 Å². The number of aromatic nitrogens is 1. The summed E-state index contributed by atoms with van der Waals surface area (Å²) in [6, 6.07) is 70.3. The molecule has 0 N–H and O–H groups in total. The number of fused-ring (bicyclic) bond motifs is 15. The SMILES string of the molecule is c1ccc2c(c1)Sc1cc3c(cc1C21c2ccccc2-c2ccccc21)c1ccc2ccccc2c1n3-c1ccc(-c2ccc3ccccc3c2)cc1. The molecule has 10 aromatic rings. The van der Waals surface area contributed by atoms with E-state index < -0.39 is 5.41 Å². The molecule has 0 bridgehead atoms. The minimum atomic E-state index is -0.411. The molecule has 1 spiro atoms. The van der Waals surface area contributed by atoms with Gasteiger partial charge in [-0.15, -0.1) is 0 Å². The van der Waals surface area contributed by atoms with Crippen molar-refractivity contribution in [2.75, 3.05) is 0 Å². The molecule has 1 aliphatic heterocycles. The van der Waals surface area contributed by atoms with Crippen LogP contribution >= 0.6 is 11.8 Å². The van der Waals surface area contributed by atoms with Gasteiger partial charge in [0.05, 0.1) is 16.4 Å². The van der Waals surface area contributed by atoms with E-state index in [1.165, 1.54) is 103 Å². The van der Waals surface area contributed by atoms with Crippen LogP contribution in [0.4, 0.5) is 0 Å². The Hall–Kier alpha value is -6.35. The van der Waals surface area contributed by atoms with Crippen LogP contribution in [0.2, 0.25) is 0 Å². The van der Waals surface area contributed by atoms with Gasteiger partial charge in [0.2, 0.25) is 0 Å². The summed E-state index contributed by atoms with van der Waals surface area (Å²) in [4.78, 5) is 2.63. The standard InChI is InChI=1S/C51H31NS/c1-2-13-35-29-36(22-21-32(35)11-1)33-23-26-37(27-24-33)52-47-31-49-46(30-42(47)41-28-25-34-12-3-4-14-38(34)50(41)52)51(45-19-9-10-20-48(45)53-49)43-17-7-5-15-39(43)40-16-6-8-18-44(40)51/h1-31H. The Morgan fingerprint density at radius 1 is 0.377 bits per heavy atom. The molecule has 1 aromatic heterocycles. The van der Waals surface area contributed by atoms with Crippen molar-refractivity contribution in [1.29, 1.82) is 0 Å². The predicted octanol–water partition coefficient (Wildman–Crippen LogP) is 13.6. The molecular weight excluding hydrogens is 659 g/mol. The lowest BCUT2D eigenvalue weighted by molar-refractivity contribution is 0.724. The van der Waals surface area contributed by atoms with Crippen molar-refractivity contribution in [3.05, 3.63) is 210 Å². The van der Waals surface area contributed by atoms with Crippen LogP contribution in [0.1, 0.15) is 22.3 Å². The largest absolute Gasteiger partial charge is 0.309 e. The van der Waals surface area contributed by atoms with Crippen molar-refractivity contribution in [2.24, 2.45) is 0 Å². The van der Waals surface area contributed by atoms with Crippen molar-refractivity contribution in [1.82, 2.24) is 4.57 Å². The van der Waals surface area contributed by atoms with E-state index in [-0.39, 0.29) is 0 Å². The molecule has 0 unspecified atom stereocenters. The average Bonchev–Trinajstić information content (AvgIpc) is 3.71. The average molecular weight is 690 g/mol. The van der Waals surface area contributed by atoms with Crippen molar-refractivity contribution >= 4 is 55.1 Å². The van der Waals surface area contributed by atoms with Crippen LogP contribution in [-0.2, 0) is 5.41 Å². The van der Waals surface area contributed by atoms with Gasteiger partial charge in [-0.25, -0.2) is 0 Å². The smallest absolute Gasteiger partial charge is 0.0735 e. The van der Waals surface area contributed by atoms with E-state index in [4.69, 9.17) is 0 Å². The second-order valence-corrected chi connectivity index (χ2v) is 15.5. The molecule has 9 aromatic carbocycles. The minimum Gasteiger partial charge on any atom is -0.309 e. The molecule has 0 fully saturated rings. The summed E-state index contributed by atoms with van der Waals surface area (Å²) in [7, 11) is 0. The second kappa shape index (κ2) is 10.8. The van der Waals surface area contributed by atoms with Crippen molar-refractivity contribution in [2.45, 2.75) is 15.2 Å². The second-order valence-electron chi connectivity index (χ2n) is 14.4. The summed E-state index contributed by atoms with van der Waals surface area (Å²) < 4.78 is 2.52. The van der Waals surface area contributed by atoms with Crippen LogP contribution in [0.25, 0.3) is 71.3 Å². The molecule has 0 saturated carbocycles. The molecule has 53 heavy (non-hydrogen) atoms. The molecule has 2 aliphatic rings. The first kappa shape index (κ1) is 29.3. The highest BCUT2D eigenvalue weighted by Gasteiger charge is 2.50. The normalized spacial score (nSPS) is 13.7. The number of nitrogens with zero attached hydrogens (tertiary/aromatic N) is 1. The molecular formula is C51H31NS. The third kappa shape index (κ3) is 3.94. The first-order chi connectivity index (χ1) is 26.3. The first-order valence-electron chi connectivity index (χ1n) is 18.3. The van der Waals surface area contributed by atoms with E-state index >= 15 is 0 Å². The van der Waals surface area contributed by atoms with Gasteiger partial charge in [-0.1, -0.05) is 163 Å². The molecule has 0 amide bonds. The zero-order chi connectivity index (χ0) is 34.7. The van der Waals surface area contributed by atoms with Gasteiger partial charge in [-0.05, 0) is 97.1 Å². The van der Waals surface area contributed by atoms with Gasteiger partial charge < -0.3 is 4.57 Å². The maximum Gasteiger partial charge on any atom is 0.0735 e. The highest BCUT2D eigenvalue weighted by molar-refractivity contribution is 7.99. The summed E-state index contributed by atoms with van der Waals surface area (Å²) in [5.41, 5.74) is 13.8. The van der Waals surface area contributed by atoms with E-state index in [9.17, 15) is 0 Å². The molecule has 1 aliphatic carbocycles. The zero-order valence-electron chi connectivity index (χ0n) is 28.8. The Morgan fingerprint density at radius 3 is 1.79 bits per heavy atom. The summed E-state index contributed by atoms with van der Waals surface area (Å²) in [5, 5.41) is 7.60. The Labute approximate surface area is 311 Å². The van der Waals surface area contributed by atoms with Crippen molar-refractivity contribution in [3.63, 3.8) is 0 Å². The molecule has 1 nitrogen and oxygen atoms in total. The number of hydrogen-bond donors (Lipinski definition) is 0. The lowest BCUT2D eigenvalue weighted by Crippen LogP contribution is -2.31. The highest BCUT2D eigenvalue weighted by atomic mass is 32.2. The lowest BCUT2D eigenvalue weighted by Gasteiger charge is -2.39. The van der Waals surface area contributed by atoms with Crippen LogP contribution in [0.15, 0.2) is 198 Å². The molecule has 0 saturated heterocycles. The molecule has 2 heterocycles. The molecule has 0 radical (unpaired) electrons. The summed E-state index contributed by atoms with van der Waals surface area (Å²) in [6.45, 7) is 0. The van der Waals surface area contributed by atoms with Crippen LogP contribution in [0.3, 0.4) is 0 Å². The van der Waals surface area contributed by atoms with Gasteiger partial charge in [0, 0.05) is 31.6 Å².